The molecule has 1 N–H and O–H groups in total. The van der Waals surface area contributed by atoms with Crippen molar-refractivity contribution in [1.82, 2.24) is 4.90 Å². The first-order chi connectivity index (χ1) is 9.77. The van der Waals surface area contributed by atoms with Crippen molar-refractivity contribution >= 4 is 11.6 Å². The van der Waals surface area contributed by atoms with Crippen LogP contribution in [0.2, 0.25) is 0 Å². The largest absolute Gasteiger partial charge is 0.385 e. The Balaban J connectivity index is 1.90. The van der Waals surface area contributed by atoms with E-state index in [0.29, 0.717) is 6.04 Å². The molecule has 1 amide bonds. The zero-order valence-corrected chi connectivity index (χ0v) is 12.3. The third kappa shape index (κ3) is 2.54. The van der Waals surface area contributed by atoms with Gasteiger partial charge in [0.1, 0.15) is 0 Å². The van der Waals surface area contributed by atoms with E-state index in [9.17, 15) is 4.79 Å². The number of benzene rings is 1. The number of carbonyl (C=O) groups excluding carboxylic acids is 1. The Bertz CT molecular complexity index is 498. The third-order valence-electron chi connectivity index (χ3n) is 4.64. The topological polar surface area (TPSA) is 32.3 Å². The van der Waals surface area contributed by atoms with Crippen molar-refractivity contribution in [1.29, 1.82) is 0 Å². The molecule has 0 radical (unpaired) electrons. The maximum atomic E-state index is 12.9. The van der Waals surface area contributed by atoms with E-state index in [2.05, 4.69) is 23.2 Å². The SMILES string of the molecule is CC1CCCCCN1C(=O)c1cccc2c1CCCN2. The van der Waals surface area contributed by atoms with Gasteiger partial charge in [0.2, 0.25) is 0 Å². The Morgan fingerprint density at radius 3 is 3.05 bits per heavy atom. The molecule has 3 heteroatoms. The second-order valence-electron chi connectivity index (χ2n) is 6.06. The minimum atomic E-state index is 0.236. The van der Waals surface area contributed by atoms with Gasteiger partial charge in [-0.2, -0.15) is 0 Å². The fourth-order valence-electron chi connectivity index (χ4n) is 3.44. The molecule has 108 valence electrons. The van der Waals surface area contributed by atoms with Gasteiger partial charge < -0.3 is 10.2 Å². The van der Waals surface area contributed by atoms with E-state index < -0.39 is 0 Å². The van der Waals surface area contributed by atoms with E-state index in [-0.39, 0.29) is 5.91 Å². The number of nitrogens with one attached hydrogen (secondary N) is 1. The van der Waals surface area contributed by atoms with Gasteiger partial charge in [-0.05, 0) is 50.3 Å². The Labute approximate surface area is 121 Å². The number of nitrogens with zero attached hydrogens (tertiary/aromatic N) is 1. The maximum absolute atomic E-state index is 12.9. The second kappa shape index (κ2) is 5.86. The molecule has 1 saturated heterocycles. The van der Waals surface area contributed by atoms with Gasteiger partial charge in [-0.25, -0.2) is 0 Å². The number of amides is 1. The summed E-state index contributed by atoms with van der Waals surface area (Å²) in [6.07, 6.45) is 6.92. The number of hydrogen-bond donors (Lipinski definition) is 1. The molecule has 1 unspecified atom stereocenters. The molecule has 0 bridgehead atoms. The molecule has 1 aromatic carbocycles. The summed E-state index contributed by atoms with van der Waals surface area (Å²) in [6, 6.07) is 6.48. The minimum absolute atomic E-state index is 0.236. The van der Waals surface area contributed by atoms with Crippen molar-refractivity contribution in [3.63, 3.8) is 0 Å². The fraction of sp³-hybridized carbons (Fsp3) is 0.588. The normalized spacial score (nSPS) is 22.6. The molecule has 0 saturated carbocycles. The number of hydrogen-bond acceptors (Lipinski definition) is 2. The van der Waals surface area contributed by atoms with Gasteiger partial charge in [-0.3, -0.25) is 4.79 Å². The number of carbonyl (C=O) groups is 1. The Morgan fingerprint density at radius 1 is 1.25 bits per heavy atom. The lowest BCUT2D eigenvalue weighted by Gasteiger charge is -2.29. The number of rotatable bonds is 1. The molecule has 2 aliphatic heterocycles. The average molecular weight is 272 g/mol. The Morgan fingerprint density at radius 2 is 2.15 bits per heavy atom. The van der Waals surface area contributed by atoms with E-state index in [0.717, 1.165) is 50.0 Å². The molecular weight excluding hydrogens is 248 g/mol. The summed E-state index contributed by atoms with van der Waals surface area (Å²) < 4.78 is 0. The van der Waals surface area contributed by atoms with Crippen molar-refractivity contribution in [3.05, 3.63) is 29.3 Å². The van der Waals surface area contributed by atoms with Gasteiger partial charge in [-0.1, -0.05) is 18.9 Å². The summed E-state index contributed by atoms with van der Waals surface area (Å²) in [7, 11) is 0. The molecule has 3 rings (SSSR count). The lowest BCUT2D eigenvalue weighted by molar-refractivity contribution is 0.0696. The summed E-state index contributed by atoms with van der Waals surface area (Å²) in [5.74, 6) is 0.236. The van der Waals surface area contributed by atoms with E-state index in [1.165, 1.54) is 18.4 Å². The predicted molar refractivity (Wildman–Crippen MR) is 82.2 cm³/mol. The van der Waals surface area contributed by atoms with E-state index in [1.807, 2.05) is 12.1 Å². The summed E-state index contributed by atoms with van der Waals surface area (Å²) in [4.78, 5) is 15.0. The standard InChI is InChI=1S/C17H24N2O/c1-13-7-3-2-4-12-19(13)17(20)15-8-5-10-16-14(15)9-6-11-18-16/h5,8,10,13,18H,2-4,6-7,9,11-12H2,1H3. The third-order valence-corrected chi connectivity index (χ3v) is 4.64. The molecule has 2 heterocycles. The summed E-state index contributed by atoms with van der Waals surface area (Å²) in [5.41, 5.74) is 3.30. The smallest absolute Gasteiger partial charge is 0.254 e. The molecule has 0 aliphatic carbocycles. The zero-order chi connectivity index (χ0) is 13.9. The van der Waals surface area contributed by atoms with Crippen LogP contribution in [0.15, 0.2) is 18.2 Å². The van der Waals surface area contributed by atoms with E-state index in [1.54, 1.807) is 0 Å². The quantitative estimate of drug-likeness (QED) is 0.849. The lowest BCUT2D eigenvalue weighted by atomic mass is 9.96. The van der Waals surface area contributed by atoms with Crippen LogP contribution in [0.3, 0.4) is 0 Å². The Kier molecular flexibility index (Phi) is 3.95. The molecule has 0 spiro atoms. The van der Waals surface area contributed by atoms with Crippen molar-refractivity contribution in [2.45, 2.75) is 51.5 Å². The molecule has 1 aromatic rings. The van der Waals surface area contributed by atoms with Gasteiger partial charge >= 0.3 is 0 Å². The van der Waals surface area contributed by atoms with Gasteiger partial charge in [0.05, 0.1) is 0 Å². The molecule has 1 atom stereocenters. The highest BCUT2D eigenvalue weighted by Gasteiger charge is 2.26. The second-order valence-corrected chi connectivity index (χ2v) is 6.06. The van der Waals surface area contributed by atoms with Crippen LogP contribution in [0.25, 0.3) is 0 Å². The van der Waals surface area contributed by atoms with E-state index in [4.69, 9.17) is 0 Å². The fourth-order valence-corrected chi connectivity index (χ4v) is 3.44. The molecule has 2 aliphatic rings. The number of fused-ring (bicyclic) bond motifs is 1. The van der Waals surface area contributed by atoms with Crippen molar-refractivity contribution in [3.8, 4) is 0 Å². The predicted octanol–water partition coefficient (Wildman–Crippen LogP) is 3.45. The van der Waals surface area contributed by atoms with Crippen LogP contribution in [0.5, 0.6) is 0 Å². The molecule has 1 fully saturated rings. The van der Waals surface area contributed by atoms with Crippen LogP contribution in [-0.4, -0.2) is 29.9 Å². The first-order valence-corrected chi connectivity index (χ1v) is 7.94. The maximum Gasteiger partial charge on any atom is 0.254 e. The molecule has 3 nitrogen and oxygen atoms in total. The number of anilines is 1. The van der Waals surface area contributed by atoms with Gasteiger partial charge in [0.25, 0.3) is 5.91 Å². The van der Waals surface area contributed by atoms with Crippen molar-refractivity contribution in [2.24, 2.45) is 0 Å². The Hall–Kier alpha value is -1.51. The number of likely N-dealkylation sites (tertiary alicyclic amines) is 1. The summed E-state index contributed by atoms with van der Waals surface area (Å²) in [5, 5.41) is 3.41. The highest BCUT2D eigenvalue weighted by atomic mass is 16.2. The van der Waals surface area contributed by atoms with Crippen LogP contribution in [-0.2, 0) is 6.42 Å². The van der Waals surface area contributed by atoms with Crippen LogP contribution in [0.1, 0.15) is 54.9 Å². The lowest BCUT2D eigenvalue weighted by Crippen LogP contribution is -2.39. The monoisotopic (exact) mass is 272 g/mol. The molecular formula is C17H24N2O. The van der Waals surface area contributed by atoms with Crippen LogP contribution in [0.4, 0.5) is 5.69 Å². The summed E-state index contributed by atoms with van der Waals surface area (Å²) in [6.45, 7) is 4.12. The first-order valence-electron chi connectivity index (χ1n) is 7.94. The minimum Gasteiger partial charge on any atom is -0.385 e. The molecule has 0 aromatic heterocycles. The van der Waals surface area contributed by atoms with Gasteiger partial charge in [0, 0.05) is 30.4 Å². The molecule has 20 heavy (non-hydrogen) atoms. The van der Waals surface area contributed by atoms with Crippen molar-refractivity contribution < 1.29 is 4.79 Å². The average Bonchev–Trinajstić information content (AvgIpc) is 2.70. The van der Waals surface area contributed by atoms with Gasteiger partial charge in [-0.15, -0.1) is 0 Å². The van der Waals surface area contributed by atoms with Crippen molar-refractivity contribution in [2.75, 3.05) is 18.4 Å². The van der Waals surface area contributed by atoms with Crippen LogP contribution >= 0.6 is 0 Å². The van der Waals surface area contributed by atoms with E-state index >= 15 is 0 Å². The summed E-state index contributed by atoms with van der Waals surface area (Å²) >= 11 is 0. The zero-order valence-electron chi connectivity index (χ0n) is 12.3. The van der Waals surface area contributed by atoms with Crippen LogP contribution < -0.4 is 5.32 Å². The highest BCUT2D eigenvalue weighted by molar-refractivity contribution is 5.97. The highest BCUT2D eigenvalue weighted by Crippen LogP contribution is 2.28. The van der Waals surface area contributed by atoms with Crippen LogP contribution in [0, 0.1) is 0 Å². The first kappa shape index (κ1) is 13.5. The van der Waals surface area contributed by atoms with Gasteiger partial charge in [0.15, 0.2) is 0 Å².